The van der Waals surface area contributed by atoms with Gasteiger partial charge in [-0.05, 0) is 18.9 Å². The number of piperidine rings is 1. The van der Waals surface area contributed by atoms with Crippen LogP contribution in [0.4, 0.5) is 0 Å². The second-order valence-corrected chi connectivity index (χ2v) is 5.64. The Hall–Kier alpha value is -0.850. The number of aliphatic hydroxyl groups excluding tert-OH is 1. The molecule has 0 aromatic carbocycles. The SMILES string of the molecule is O=S(=O)(c1cc[nH]c1)N1CCC[C@H](O)C1. The van der Waals surface area contributed by atoms with E-state index in [0.29, 0.717) is 19.4 Å². The highest BCUT2D eigenvalue weighted by Gasteiger charge is 2.29. The number of hydrogen-bond acceptors (Lipinski definition) is 3. The van der Waals surface area contributed by atoms with Crippen LogP contribution >= 0.6 is 0 Å². The number of β-amino-alcohol motifs (C(OH)–C–C–N with tert-alkyl or cyclic N) is 1. The van der Waals surface area contributed by atoms with Crippen LogP contribution < -0.4 is 0 Å². The van der Waals surface area contributed by atoms with Gasteiger partial charge in [-0.25, -0.2) is 8.42 Å². The number of aromatic nitrogens is 1. The molecule has 2 rings (SSSR count). The van der Waals surface area contributed by atoms with Gasteiger partial charge in [0.25, 0.3) is 0 Å². The summed E-state index contributed by atoms with van der Waals surface area (Å²) in [5.41, 5.74) is 0. The molecule has 2 N–H and O–H groups in total. The molecule has 0 unspecified atom stereocenters. The summed E-state index contributed by atoms with van der Waals surface area (Å²) < 4.78 is 25.3. The van der Waals surface area contributed by atoms with E-state index < -0.39 is 16.1 Å². The average molecular weight is 230 g/mol. The quantitative estimate of drug-likeness (QED) is 0.760. The minimum absolute atomic E-state index is 0.202. The number of H-pyrrole nitrogens is 1. The van der Waals surface area contributed by atoms with Gasteiger partial charge in [0.05, 0.1) is 11.0 Å². The third kappa shape index (κ3) is 2.06. The Balaban J connectivity index is 2.22. The van der Waals surface area contributed by atoms with Crippen LogP contribution in [-0.2, 0) is 10.0 Å². The first-order valence-corrected chi connectivity index (χ1v) is 6.36. The van der Waals surface area contributed by atoms with Crippen LogP contribution in [0.25, 0.3) is 0 Å². The molecule has 0 saturated carbocycles. The second-order valence-electron chi connectivity index (χ2n) is 3.71. The van der Waals surface area contributed by atoms with Crippen LogP contribution in [0, 0.1) is 0 Å². The molecule has 5 nitrogen and oxygen atoms in total. The first-order chi connectivity index (χ1) is 7.10. The third-order valence-electron chi connectivity index (χ3n) is 2.57. The highest BCUT2D eigenvalue weighted by molar-refractivity contribution is 7.89. The highest BCUT2D eigenvalue weighted by Crippen LogP contribution is 2.19. The number of sulfonamides is 1. The summed E-state index contributed by atoms with van der Waals surface area (Å²) in [6.45, 7) is 0.693. The van der Waals surface area contributed by atoms with Crippen molar-refractivity contribution in [3.8, 4) is 0 Å². The Labute approximate surface area is 88.8 Å². The molecule has 6 heteroatoms. The molecular weight excluding hydrogens is 216 g/mol. The lowest BCUT2D eigenvalue weighted by Gasteiger charge is -2.28. The van der Waals surface area contributed by atoms with Gasteiger partial charge >= 0.3 is 0 Å². The van der Waals surface area contributed by atoms with Gasteiger partial charge in [0.1, 0.15) is 0 Å². The van der Waals surface area contributed by atoms with Crippen molar-refractivity contribution in [2.45, 2.75) is 23.8 Å². The van der Waals surface area contributed by atoms with E-state index in [1.54, 1.807) is 6.20 Å². The first kappa shape index (κ1) is 10.7. The van der Waals surface area contributed by atoms with Gasteiger partial charge in [-0.1, -0.05) is 0 Å². The highest BCUT2D eigenvalue weighted by atomic mass is 32.2. The van der Waals surface area contributed by atoms with Crippen molar-refractivity contribution in [3.05, 3.63) is 18.5 Å². The van der Waals surface area contributed by atoms with E-state index in [0.717, 1.165) is 0 Å². The predicted molar refractivity (Wildman–Crippen MR) is 54.8 cm³/mol. The molecule has 0 radical (unpaired) electrons. The molecular formula is C9H14N2O3S. The van der Waals surface area contributed by atoms with Crippen molar-refractivity contribution < 1.29 is 13.5 Å². The van der Waals surface area contributed by atoms with Gasteiger partial charge in [-0.2, -0.15) is 4.31 Å². The minimum Gasteiger partial charge on any atom is -0.392 e. The van der Waals surface area contributed by atoms with Crippen molar-refractivity contribution in [3.63, 3.8) is 0 Å². The van der Waals surface area contributed by atoms with Crippen LogP contribution in [-0.4, -0.2) is 42.0 Å². The standard InChI is InChI=1S/C9H14N2O3S/c12-8-2-1-5-11(7-8)15(13,14)9-3-4-10-6-9/h3-4,6,8,10,12H,1-2,5,7H2/t8-/m0/s1. The lowest BCUT2D eigenvalue weighted by molar-refractivity contribution is 0.108. The molecule has 1 aliphatic rings. The Bertz CT molecular complexity index is 413. The molecule has 0 amide bonds. The lowest BCUT2D eigenvalue weighted by atomic mass is 10.1. The topological polar surface area (TPSA) is 73.4 Å². The zero-order valence-electron chi connectivity index (χ0n) is 8.26. The van der Waals surface area contributed by atoms with Crippen molar-refractivity contribution >= 4 is 10.0 Å². The summed E-state index contributed by atoms with van der Waals surface area (Å²) in [5, 5.41) is 9.43. The maximum atomic E-state index is 12.0. The summed E-state index contributed by atoms with van der Waals surface area (Å²) in [5.74, 6) is 0. The molecule has 15 heavy (non-hydrogen) atoms. The summed E-state index contributed by atoms with van der Waals surface area (Å²) in [6.07, 6.45) is 3.89. The molecule has 0 spiro atoms. The Morgan fingerprint density at radius 3 is 2.93 bits per heavy atom. The van der Waals surface area contributed by atoms with Gasteiger partial charge in [0.15, 0.2) is 0 Å². The molecule has 1 aromatic rings. The van der Waals surface area contributed by atoms with Gasteiger partial charge in [-0.15, -0.1) is 0 Å². The number of aliphatic hydroxyl groups is 1. The van der Waals surface area contributed by atoms with E-state index in [1.807, 2.05) is 0 Å². The fraction of sp³-hybridized carbons (Fsp3) is 0.556. The van der Waals surface area contributed by atoms with Crippen molar-refractivity contribution in [1.29, 1.82) is 0 Å². The molecule has 0 aliphatic carbocycles. The first-order valence-electron chi connectivity index (χ1n) is 4.92. The number of nitrogens with one attached hydrogen (secondary N) is 1. The van der Waals surface area contributed by atoms with Crippen molar-refractivity contribution in [1.82, 2.24) is 9.29 Å². The van der Waals surface area contributed by atoms with E-state index in [-0.39, 0.29) is 11.4 Å². The number of hydrogen-bond donors (Lipinski definition) is 2. The summed E-state index contributed by atoms with van der Waals surface area (Å²) in [4.78, 5) is 2.98. The Morgan fingerprint density at radius 2 is 2.33 bits per heavy atom. The normalized spacial score (nSPS) is 24.2. The minimum atomic E-state index is -3.41. The zero-order valence-corrected chi connectivity index (χ0v) is 9.07. The fourth-order valence-electron chi connectivity index (χ4n) is 1.76. The summed E-state index contributed by atoms with van der Waals surface area (Å²) in [7, 11) is -3.41. The lowest BCUT2D eigenvalue weighted by Crippen LogP contribution is -2.41. The van der Waals surface area contributed by atoms with Gasteiger partial charge in [0, 0.05) is 25.5 Å². The van der Waals surface area contributed by atoms with Crippen LogP contribution in [0.15, 0.2) is 23.4 Å². The van der Waals surface area contributed by atoms with E-state index in [4.69, 9.17) is 0 Å². The largest absolute Gasteiger partial charge is 0.392 e. The molecule has 1 aliphatic heterocycles. The van der Waals surface area contributed by atoms with Gasteiger partial charge < -0.3 is 10.1 Å². The Kier molecular flexibility index (Phi) is 2.81. The van der Waals surface area contributed by atoms with Crippen LogP contribution in [0.2, 0.25) is 0 Å². The number of rotatable bonds is 2. The monoisotopic (exact) mass is 230 g/mol. The predicted octanol–water partition coefficient (Wildman–Crippen LogP) is 0.160. The van der Waals surface area contributed by atoms with E-state index in [1.165, 1.54) is 16.6 Å². The molecule has 0 bridgehead atoms. The van der Waals surface area contributed by atoms with E-state index >= 15 is 0 Å². The maximum absolute atomic E-state index is 12.0. The summed E-state index contributed by atoms with van der Waals surface area (Å²) in [6, 6.07) is 1.52. The van der Waals surface area contributed by atoms with E-state index in [9.17, 15) is 13.5 Å². The Morgan fingerprint density at radius 1 is 1.53 bits per heavy atom. The molecule has 1 atom stereocenters. The fourth-order valence-corrected chi connectivity index (χ4v) is 3.25. The number of nitrogens with zero attached hydrogens (tertiary/aromatic N) is 1. The van der Waals surface area contributed by atoms with Crippen LogP contribution in [0.3, 0.4) is 0 Å². The van der Waals surface area contributed by atoms with Crippen LogP contribution in [0.1, 0.15) is 12.8 Å². The summed E-state index contributed by atoms with van der Waals surface area (Å²) >= 11 is 0. The molecule has 1 aromatic heterocycles. The molecule has 1 fully saturated rings. The number of aromatic amines is 1. The average Bonchev–Trinajstić information content (AvgIpc) is 2.71. The van der Waals surface area contributed by atoms with E-state index in [2.05, 4.69) is 4.98 Å². The molecule has 1 saturated heterocycles. The third-order valence-corrected chi connectivity index (χ3v) is 4.43. The molecule has 84 valence electrons. The van der Waals surface area contributed by atoms with Gasteiger partial charge in [0.2, 0.25) is 10.0 Å². The zero-order chi connectivity index (χ0) is 10.9. The smallest absolute Gasteiger partial charge is 0.244 e. The second kappa shape index (κ2) is 3.96. The molecule has 2 heterocycles. The van der Waals surface area contributed by atoms with Crippen molar-refractivity contribution in [2.24, 2.45) is 0 Å². The maximum Gasteiger partial charge on any atom is 0.244 e. The van der Waals surface area contributed by atoms with Crippen molar-refractivity contribution in [2.75, 3.05) is 13.1 Å². The van der Waals surface area contributed by atoms with Crippen LogP contribution in [0.5, 0.6) is 0 Å². The van der Waals surface area contributed by atoms with Gasteiger partial charge in [-0.3, -0.25) is 0 Å².